The fourth-order valence-corrected chi connectivity index (χ4v) is 6.97. The number of aryl methyl sites for hydroxylation is 2. The van der Waals surface area contributed by atoms with Gasteiger partial charge in [-0.25, -0.2) is 0 Å². The molecule has 39 heavy (non-hydrogen) atoms. The molecular weight excluding hydrogens is 478 g/mol. The van der Waals surface area contributed by atoms with E-state index in [0.717, 1.165) is 61.1 Å². The number of benzene rings is 4. The highest BCUT2D eigenvalue weighted by Crippen LogP contribution is 2.56. The van der Waals surface area contributed by atoms with Gasteiger partial charge >= 0.3 is 0 Å². The Hall–Kier alpha value is -4.57. The Bertz CT molecular complexity index is 1820. The van der Waals surface area contributed by atoms with E-state index in [1.807, 2.05) is 29.2 Å². The topological polar surface area (TPSA) is 30.2 Å². The Balaban J connectivity index is 1.66. The van der Waals surface area contributed by atoms with Crippen LogP contribution in [0.2, 0.25) is 0 Å². The minimum absolute atomic E-state index is 0.103. The molecule has 1 aliphatic heterocycles. The molecule has 7 rings (SSSR count). The lowest BCUT2D eigenvalue weighted by Crippen LogP contribution is -2.43. The van der Waals surface area contributed by atoms with Crippen molar-refractivity contribution in [1.29, 1.82) is 0 Å². The van der Waals surface area contributed by atoms with Crippen molar-refractivity contribution in [1.82, 2.24) is 9.13 Å². The fourth-order valence-electron chi connectivity index (χ4n) is 6.97. The SMILES string of the molecule is Cc1c(C2(c3c(C)n(C)c4ccccc34)C(=O)N(Cc3ccccc3)c3ccccc32)c2ccccc2n1C. The number of rotatable bonds is 4. The molecule has 192 valence electrons. The lowest BCUT2D eigenvalue weighted by molar-refractivity contribution is -0.120. The van der Waals surface area contributed by atoms with Crippen molar-refractivity contribution in [2.75, 3.05) is 4.90 Å². The summed E-state index contributed by atoms with van der Waals surface area (Å²) < 4.78 is 4.48. The molecule has 0 saturated carbocycles. The minimum atomic E-state index is -0.999. The highest BCUT2D eigenvalue weighted by atomic mass is 16.2. The number of hydrogen-bond acceptors (Lipinski definition) is 1. The van der Waals surface area contributed by atoms with Gasteiger partial charge in [0, 0.05) is 69.7 Å². The average Bonchev–Trinajstić information content (AvgIpc) is 3.48. The van der Waals surface area contributed by atoms with Crippen LogP contribution in [0.25, 0.3) is 21.8 Å². The molecule has 0 spiro atoms. The first-order valence-corrected chi connectivity index (χ1v) is 13.5. The second-order valence-electron chi connectivity index (χ2n) is 10.7. The molecule has 0 bridgehead atoms. The van der Waals surface area contributed by atoms with Gasteiger partial charge in [0.15, 0.2) is 0 Å². The lowest BCUT2D eigenvalue weighted by Gasteiger charge is -2.31. The molecule has 0 atom stereocenters. The third kappa shape index (κ3) is 3.03. The number of anilines is 1. The van der Waals surface area contributed by atoms with Crippen LogP contribution in [-0.2, 0) is 30.8 Å². The van der Waals surface area contributed by atoms with Crippen molar-refractivity contribution in [2.24, 2.45) is 14.1 Å². The van der Waals surface area contributed by atoms with Crippen molar-refractivity contribution in [2.45, 2.75) is 25.8 Å². The quantitative estimate of drug-likeness (QED) is 0.248. The summed E-state index contributed by atoms with van der Waals surface area (Å²) in [7, 11) is 4.22. The largest absolute Gasteiger partial charge is 0.348 e. The molecule has 3 heterocycles. The molecule has 0 saturated heterocycles. The summed E-state index contributed by atoms with van der Waals surface area (Å²) in [6.07, 6.45) is 0. The second kappa shape index (κ2) is 8.47. The van der Waals surface area contributed by atoms with Crippen LogP contribution < -0.4 is 4.90 Å². The Morgan fingerprint density at radius 1 is 0.615 bits per heavy atom. The standard InChI is InChI=1S/C35H31N3O/c1-23-32(26-16-8-11-19-29(26)36(23)3)35(33-24(2)37(4)30-20-12-9-17-27(30)33)28-18-10-13-21-31(28)38(34(35)39)22-25-14-6-5-7-15-25/h5-21H,22H2,1-4H3. The van der Waals surface area contributed by atoms with Gasteiger partial charge in [0.05, 0.1) is 6.54 Å². The zero-order chi connectivity index (χ0) is 26.9. The van der Waals surface area contributed by atoms with Gasteiger partial charge in [0.2, 0.25) is 5.91 Å². The third-order valence-corrected chi connectivity index (χ3v) is 8.90. The molecule has 6 aromatic rings. The van der Waals surface area contributed by atoms with E-state index in [1.165, 1.54) is 0 Å². The van der Waals surface area contributed by atoms with Gasteiger partial charge < -0.3 is 14.0 Å². The van der Waals surface area contributed by atoms with Gasteiger partial charge in [-0.1, -0.05) is 84.9 Å². The molecule has 1 aliphatic rings. The minimum Gasteiger partial charge on any atom is -0.348 e. The third-order valence-electron chi connectivity index (χ3n) is 8.90. The van der Waals surface area contributed by atoms with E-state index in [2.05, 4.69) is 116 Å². The summed E-state index contributed by atoms with van der Waals surface area (Å²) in [4.78, 5) is 17.4. The monoisotopic (exact) mass is 509 g/mol. The molecule has 0 fully saturated rings. The summed E-state index contributed by atoms with van der Waals surface area (Å²) in [6.45, 7) is 4.84. The maximum atomic E-state index is 15.4. The molecule has 1 amide bonds. The zero-order valence-electron chi connectivity index (χ0n) is 22.8. The van der Waals surface area contributed by atoms with Crippen molar-refractivity contribution in [3.63, 3.8) is 0 Å². The first-order valence-electron chi connectivity index (χ1n) is 13.5. The predicted molar refractivity (Wildman–Crippen MR) is 159 cm³/mol. The van der Waals surface area contributed by atoms with Crippen molar-refractivity contribution in [3.05, 3.63) is 137 Å². The van der Waals surface area contributed by atoms with Crippen molar-refractivity contribution < 1.29 is 4.79 Å². The number of carbonyl (C=O) groups excluding carboxylic acids is 1. The van der Waals surface area contributed by atoms with E-state index in [0.29, 0.717) is 6.54 Å². The normalized spacial score (nSPS) is 14.5. The summed E-state index contributed by atoms with van der Waals surface area (Å²) in [5, 5.41) is 2.24. The van der Waals surface area contributed by atoms with Crippen molar-refractivity contribution in [3.8, 4) is 0 Å². The molecule has 0 aliphatic carbocycles. The Morgan fingerprint density at radius 2 is 1.10 bits per heavy atom. The second-order valence-corrected chi connectivity index (χ2v) is 10.7. The van der Waals surface area contributed by atoms with Crippen LogP contribution in [-0.4, -0.2) is 15.0 Å². The average molecular weight is 510 g/mol. The van der Waals surface area contributed by atoms with Crippen LogP contribution in [0, 0.1) is 13.8 Å². The summed E-state index contributed by atoms with van der Waals surface area (Å²) in [5.74, 6) is 0.103. The number of para-hydroxylation sites is 3. The molecule has 0 N–H and O–H groups in total. The Morgan fingerprint density at radius 3 is 1.69 bits per heavy atom. The van der Waals surface area contributed by atoms with Gasteiger partial charge in [-0.05, 0) is 37.6 Å². The molecule has 0 unspecified atom stereocenters. The molecule has 4 nitrogen and oxygen atoms in total. The van der Waals surface area contributed by atoms with Crippen LogP contribution in [0.4, 0.5) is 5.69 Å². The maximum Gasteiger partial charge on any atom is 0.247 e. The molecule has 4 heteroatoms. The van der Waals surface area contributed by atoms with E-state index in [-0.39, 0.29) is 5.91 Å². The van der Waals surface area contributed by atoms with E-state index >= 15 is 4.79 Å². The summed E-state index contributed by atoms with van der Waals surface area (Å²) >= 11 is 0. The van der Waals surface area contributed by atoms with Gasteiger partial charge in [-0.15, -0.1) is 0 Å². The van der Waals surface area contributed by atoms with E-state index in [9.17, 15) is 0 Å². The Labute approximate surface area is 228 Å². The van der Waals surface area contributed by atoms with Crippen LogP contribution in [0.1, 0.15) is 33.6 Å². The van der Waals surface area contributed by atoms with Crippen LogP contribution in [0.5, 0.6) is 0 Å². The molecule has 0 radical (unpaired) electrons. The number of carbonyl (C=O) groups is 1. The van der Waals surface area contributed by atoms with E-state index in [4.69, 9.17) is 0 Å². The molecule has 2 aromatic heterocycles. The summed E-state index contributed by atoms with van der Waals surface area (Å²) in [6, 6.07) is 35.7. The molecule has 4 aromatic carbocycles. The number of amides is 1. The first-order chi connectivity index (χ1) is 19.0. The van der Waals surface area contributed by atoms with E-state index < -0.39 is 5.41 Å². The number of aromatic nitrogens is 2. The summed E-state index contributed by atoms with van der Waals surface area (Å²) in [5.41, 5.74) is 8.77. The highest BCUT2D eigenvalue weighted by Gasteiger charge is 2.57. The van der Waals surface area contributed by atoms with Crippen LogP contribution >= 0.6 is 0 Å². The predicted octanol–water partition coefficient (Wildman–Crippen LogP) is 7.17. The Kier molecular flexibility index (Phi) is 5.11. The zero-order valence-corrected chi connectivity index (χ0v) is 22.8. The first kappa shape index (κ1) is 23.5. The van der Waals surface area contributed by atoms with Gasteiger partial charge in [-0.3, -0.25) is 4.79 Å². The van der Waals surface area contributed by atoms with Crippen LogP contribution in [0.15, 0.2) is 103 Å². The van der Waals surface area contributed by atoms with E-state index in [1.54, 1.807) is 0 Å². The molecular formula is C35H31N3O. The fraction of sp³-hybridized carbons (Fsp3) is 0.171. The van der Waals surface area contributed by atoms with Gasteiger partial charge in [0.1, 0.15) is 5.41 Å². The highest BCUT2D eigenvalue weighted by molar-refractivity contribution is 6.17. The van der Waals surface area contributed by atoms with Gasteiger partial charge in [0.25, 0.3) is 0 Å². The smallest absolute Gasteiger partial charge is 0.247 e. The van der Waals surface area contributed by atoms with Gasteiger partial charge in [-0.2, -0.15) is 0 Å². The van der Waals surface area contributed by atoms with Crippen LogP contribution in [0.3, 0.4) is 0 Å². The van der Waals surface area contributed by atoms with Crippen molar-refractivity contribution >= 4 is 33.4 Å². The number of nitrogens with zero attached hydrogens (tertiary/aromatic N) is 3. The number of fused-ring (bicyclic) bond motifs is 3. The number of hydrogen-bond donors (Lipinski definition) is 0. The maximum absolute atomic E-state index is 15.4. The lowest BCUT2D eigenvalue weighted by atomic mass is 9.68.